The van der Waals surface area contributed by atoms with Crippen molar-refractivity contribution in [3.05, 3.63) is 59.9 Å². The summed E-state index contributed by atoms with van der Waals surface area (Å²) in [5.74, 6) is 1.68. The van der Waals surface area contributed by atoms with Gasteiger partial charge < -0.3 is 4.74 Å². The predicted molar refractivity (Wildman–Crippen MR) is 80.8 cm³/mol. The first-order valence-electron chi connectivity index (χ1n) is 7.54. The van der Waals surface area contributed by atoms with Crippen molar-refractivity contribution in [2.24, 2.45) is 0 Å². The van der Waals surface area contributed by atoms with E-state index in [4.69, 9.17) is 4.74 Å². The minimum atomic E-state index is 0.531. The highest BCUT2D eigenvalue weighted by Gasteiger charge is 2.15. The van der Waals surface area contributed by atoms with Crippen molar-refractivity contribution in [1.29, 1.82) is 0 Å². The smallest absolute Gasteiger partial charge is 0.130 e. The van der Waals surface area contributed by atoms with Crippen LogP contribution in [0.4, 0.5) is 0 Å². The van der Waals surface area contributed by atoms with Crippen LogP contribution < -0.4 is 4.74 Å². The van der Waals surface area contributed by atoms with Crippen LogP contribution in [0.3, 0.4) is 0 Å². The molecule has 0 atom stereocenters. The summed E-state index contributed by atoms with van der Waals surface area (Å²) in [6.45, 7) is 0.531. The molecule has 1 aromatic heterocycles. The summed E-state index contributed by atoms with van der Waals surface area (Å²) in [6, 6.07) is 14.5. The van der Waals surface area contributed by atoms with Gasteiger partial charge in [0, 0.05) is 6.20 Å². The number of hydrogen-bond donors (Lipinski definition) is 0. The normalized spacial score (nSPS) is 16.0. The Labute approximate surface area is 120 Å². The number of benzene rings is 1. The fourth-order valence-electron chi connectivity index (χ4n) is 2.91. The zero-order chi connectivity index (χ0) is 13.6. The van der Waals surface area contributed by atoms with Crippen LogP contribution in [0.1, 0.15) is 49.3 Å². The van der Waals surface area contributed by atoms with Gasteiger partial charge in [0.25, 0.3) is 0 Å². The van der Waals surface area contributed by atoms with E-state index in [0.717, 1.165) is 17.4 Å². The van der Waals surface area contributed by atoms with Gasteiger partial charge in [-0.15, -0.1) is 0 Å². The first-order valence-corrected chi connectivity index (χ1v) is 7.54. The molecule has 20 heavy (non-hydrogen) atoms. The lowest BCUT2D eigenvalue weighted by molar-refractivity contribution is 0.301. The molecule has 2 heteroatoms. The van der Waals surface area contributed by atoms with E-state index in [1.165, 1.54) is 37.7 Å². The zero-order valence-electron chi connectivity index (χ0n) is 11.8. The third-order valence-electron chi connectivity index (χ3n) is 4.07. The van der Waals surface area contributed by atoms with Crippen LogP contribution in [-0.4, -0.2) is 4.98 Å². The molecule has 0 spiro atoms. The number of hydrogen-bond acceptors (Lipinski definition) is 2. The molecular weight excluding hydrogens is 246 g/mol. The Morgan fingerprint density at radius 2 is 1.75 bits per heavy atom. The summed E-state index contributed by atoms with van der Waals surface area (Å²) < 4.78 is 5.77. The van der Waals surface area contributed by atoms with E-state index >= 15 is 0 Å². The summed E-state index contributed by atoms with van der Waals surface area (Å²) in [4.78, 5) is 4.26. The van der Waals surface area contributed by atoms with Crippen molar-refractivity contribution < 1.29 is 4.74 Å². The van der Waals surface area contributed by atoms with E-state index < -0.39 is 0 Å². The van der Waals surface area contributed by atoms with Gasteiger partial charge in [-0.3, -0.25) is 4.98 Å². The maximum atomic E-state index is 5.77. The van der Waals surface area contributed by atoms with Gasteiger partial charge in [0.2, 0.25) is 0 Å². The molecule has 104 valence electrons. The van der Waals surface area contributed by atoms with Crippen molar-refractivity contribution in [3.63, 3.8) is 0 Å². The third-order valence-corrected chi connectivity index (χ3v) is 4.07. The van der Waals surface area contributed by atoms with E-state index in [2.05, 4.69) is 29.2 Å². The first-order chi connectivity index (χ1) is 9.92. The Hall–Kier alpha value is -1.83. The molecule has 0 unspecified atom stereocenters. The van der Waals surface area contributed by atoms with Crippen molar-refractivity contribution in [2.75, 3.05) is 0 Å². The average molecular weight is 267 g/mol. The van der Waals surface area contributed by atoms with Crippen LogP contribution >= 0.6 is 0 Å². The van der Waals surface area contributed by atoms with Gasteiger partial charge in [-0.25, -0.2) is 0 Å². The molecule has 1 saturated carbocycles. The molecule has 1 aliphatic carbocycles. The second kappa shape index (κ2) is 6.56. The maximum absolute atomic E-state index is 5.77. The van der Waals surface area contributed by atoms with E-state index in [-0.39, 0.29) is 0 Å². The predicted octanol–water partition coefficient (Wildman–Crippen LogP) is 4.71. The standard InChI is InChI=1S/C18H21NO/c1-2-6-15(7-3-1)16-9-11-18(12-10-16)20-14-17-8-4-5-13-19-17/h4-5,8-13,15H,1-3,6-7,14H2. The van der Waals surface area contributed by atoms with Gasteiger partial charge in [0.1, 0.15) is 12.4 Å². The van der Waals surface area contributed by atoms with E-state index in [1.54, 1.807) is 6.20 Å². The van der Waals surface area contributed by atoms with Gasteiger partial charge in [0.05, 0.1) is 5.69 Å². The molecule has 0 bridgehead atoms. The summed E-state index contributed by atoms with van der Waals surface area (Å²) in [7, 11) is 0. The number of ether oxygens (including phenoxy) is 1. The maximum Gasteiger partial charge on any atom is 0.130 e. The van der Waals surface area contributed by atoms with E-state index in [1.807, 2.05) is 18.2 Å². The fourth-order valence-corrected chi connectivity index (χ4v) is 2.91. The summed E-state index contributed by atoms with van der Waals surface area (Å²) in [5, 5.41) is 0. The van der Waals surface area contributed by atoms with Crippen LogP contribution in [0.25, 0.3) is 0 Å². The second-order valence-electron chi connectivity index (χ2n) is 5.51. The topological polar surface area (TPSA) is 22.1 Å². The third kappa shape index (κ3) is 3.38. The lowest BCUT2D eigenvalue weighted by Gasteiger charge is -2.22. The Morgan fingerprint density at radius 3 is 2.45 bits per heavy atom. The first kappa shape index (κ1) is 13.2. The second-order valence-corrected chi connectivity index (χ2v) is 5.51. The molecule has 0 radical (unpaired) electrons. The minimum Gasteiger partial charge on any atom is -0.487 e. The van der Waals surface area contributed by atoms with Crippen molar-refractivity contribution in [2.45, 2.75) is 44.6 Å². The molecule has 1 heterocycles. The molecule has 1 fully saturated rings. The average Bonchev–Trinajstić information content (AvgIpc) is 2.55. The van der Waals surface area contributed by atoms with Crippen LogP contribution in [0.2, 0.25) is 0 Å². The highest BCUT2D eigenvalue weighted by molar-refractivity contribution is 5.29. The lowest BCUT2D eigenvalue weighted by atomic mass is 9.84. The molecule has 2 nitrogen and oxygen atoms in total. The highest BCUT2D eigenvalue weighted by atomic mass is 16.5. The number of aromatic nitrogens is 1. The summed E-state index contributed by atoms with van der Waals surface area (Å²) in [5.41, 5.74) is 2.43. The summed E-state index contributed by atoms with van der Waals surface area (Å²) >= 11 is 0. The van der Waals surface area contributed by atoms with Gasteiger partial charge in [-0.1, -0.05) is 37.5 Å². The molecule has 0 amide bonds. The molecule has 1 aliphatic rings. The lowest BCUT2D eigenvalue weighted by Crippen LogP contribution is -2.04. The van der Waals surface area contributed by atoms with E-state index in [0.29, 0.717) is 6.61 Å². The SMILES string of the molecule is c1ccc(COc2ccc(C3CCCCC3)cc2)nc1. The van der Waals surface area contributed by atoms with Crippen LogP contribution in [0.15, 0.2) is 48.7 Å². The molecule has 2 aromatic rings. The van der Waals surface area contributed by atoms with Crippen LogP contribution in [0, 0.1) is 0 Å². The van der Waals surface area contributed by atoms with Gasteiger partial charge in [-0.2, -0.15) is 0 Å². The van der Waals surface area contributed by atoms with Gasteiger partial charge in [-0.05, 0) is 48.6 Å². The van der Waals surface area contributed by atoms with Crippen molar-refractivity contribution >= 4 is 0 Å². The van der Waals surface area contributed by atoms with Crippen LogP contribution in [0.5, 0.6) is 5.75 Å². The molecule has 3 rings (SSSR count). The quantitative estimate of drug-likeness (QED) is 0.800. The van der Waals surface area contributed by atoms with Crippen molar-refractivity contribution in [3.8, 4) is 5.75 Å². The summed E-state index contributed by atoms with van der Waals surface area (Å²) in [6.07, 6.45) is 8.64. The Morgan fingerprint density at radius 1 is 0.950 bits per heavy atom. The Balaban J connectivity index is 1.58. The van der Waals surface area contributed by atoms with E-state index in [9.17, 15) is 0 Å². The largest absolute Gasteiger partial charge is 0.487 e. The van der Waals surface area contributed by atoms with Gasteiger partial charge in [0.15, 0.2) is 0 Å². The monoisotopic (exact) mass is 267 g/mol. The fraction of sp³-hybridized carbons (Fsp3) is 0.389. The van der Waals surface area contributed by atoms with Crippen LogP contribution in [-0.2, 0) is 6.61 Å². The molecule has 1 aromatic carbocycles. The highest BCUT2D eigenvalue weighted by Crippen LogP contribution is 2.33. The van der Waals surface area contributed by atoms with Crippen molar-refractivity contribution in [1.82, 2.24) is 4.98 Å². The molecular formula is C18H21NO. The Bertz CT molecular complexity index is 515. The number of rotatable bonds is 4. The molecule has 0 N–H and O–H groups in total. The number of pyridine rings is 1. The molecule has 0 saturated heterocycles. The minimum absolute atomic E-state index is 0.531. The zero-order valence-corrected chi connectivity index (χ0v) is 11.8. The van der Waals surface area contributed by atoms with Gasteiger partial charge >= 0.3 is 0 Å². The molecule has 0 aliphatic heterocycles. The number of nitrogens with zero attached hydrogens (tertiary/aromatic N) is 1. The Kier molecular flexibility index (Phi) is 4.32.